The smallest absolute Gasteiger partial charge is 0.221 e. The van der Waals surface area contributed by atoms with Crippen LogP contribution in [0.1, 0.15) is 26.3 Å². The van der Waals surface area contributed by atoms with Crippen LogP contribution < -0.4 is 10.6 Å². The van der Waals surface area contributed by atoms with Crippen LogP contribution >= 0.6 is 0 Å². The number of benzene rings is 1. The van der Waals surface area contributed by atoms with Gasteiger partial charge in [-0.15, -0.1) is 0 Å². The van der Waals surface area contributed by atoms with Gasteiger partial charge in [-0.1, -0.05) is 19.9 Å². The fraction of sp³-hybridized carbons (Fsp3) is 0.462. The van der Waals surface area contributed by atoms with Crippen molar-refractivity contribution in [2.45, 2.75) is 27.7 Å². The molecule has 0 heterocycles. The predicted octanol–water partition coefficient (Wildman–Crippen LogP) is 3.02. The van der Waals surface area contributed by atoms with Crippen LogP contribution in [0, 0.1) is 12.8 Å². The normalized spacial score (nSPS) is 10.3. The molecule has 88 valence electrons. The molecular weight excluding hydrogens is 200 g/mol. The number of hydrogen-bond acceptors (Lipinski definition) is 2. The minimum Gasteiger partial charge on any atom is -0.383 e. The van der Waals surface area contributed by atoms with Crippen molar-refractivity contribution in [3.05, 3.63) is 23.8 Å². The number of rotatable bonds is 4. The minimum atomic E-state index is -0.0450. The van der Waals surface area contributed by atoms with Crippen LogP contribution in [-0.2, 0) is 4.79 Å². The highest BCUT2D eigenvalue weighted by Crippen LogP contribution is 2.23. The Bertz CT molecular complexity index is 372. The van der Waals surface area contributed by atoms with Crippen LogP contribution in [-0.4, -0.2) is 12.5 Å². The van der Waals surface area contributed by atoms with E-state index >= 15 is 0 Å². The van der Waals surface area contributed by atoms with Gasteiger partial charge >= 0.3 is 0 Å². The number of hydrogen-bond donors (Lipinski definition) is 2. The quantitative estimate of drug-likeness (QED) is 0.819. The summed E-state index contributed by atoms with van der Waals surface area (Å²) in [4.78, 5) is 11.0. The first-order valence-corrected chi connectivity index (χ1v) is 5.61. The summed E-state index contributed by atoms with van der Waals surface area (Å²) in [5.74, 6) is 0.530. The second-order valence-corrected chi connectivity index (χ2v) is 4.50. The summed E-state index contributed by atoms with van der Waals surface area (Å²) in [6.45, 7) is 8.77. The Balaban J connectivity index is 2.85. The summed E-state index contributed by atoms with van der Waals surface area (Å²) in [5.41, 5.74) is 3.02. The highest BCUT2D eigenvalue weighted by Gasteiger charge is 2.04. The van der Waals surface area contributed by atoms with Gasteiger partial charge in [0.1, 0.15) is 0 Å². The maximum Gasteiger partial charge on any atom is 0.221 e. The molecule has 3 heteroatoms. The van der Waals surface area contributed by atoms with Gasteiger partial charge in [-0.05, 0) is 30.5 Å². The molecule has 0 radical (unpaired) electrons. The van der Waals surface area contributed by atoms with Crippen LogP contribution in [0.15, 0.2) is 18.2 Å². The second kappa shape index (κ2) is 5.54. The van der Waals surface area contributed by atoms with Crippen molar-refractivity contribution in [3.8, 4) is 0 Å². The molecule has 0 bridgehead atoms. The lowest BCUT2D eigenvalue weighted by Gasteiger charge is -2.14. The Morgan fingerprint density at radius 1 is 1.31 bits per heavy atom. The monoisotopic (exact) mass is 220 g/mol. The van der Waals surface area contributed by atoms with E-state index in [0.717, 1.165) is 17.9 Å². The standard InChI is InChI=1S/C13H20N2O/c1-9(2)8-14-13-7-10(3)5-6-12(13)15-11(4)16/h5-7,9,14H,8H2,1-4H3,(H,15,16). The van der Waals surface area contributed by atoms with E-state index in [1.165, 1.54) is 12.5 Å². The summed E-state index contributed by atoms with van der Waals surface area (Å²) in [5, 5.41) is 6.17. The van der Waals surface area contributed by atoms with Crippen LogP contribution in [0.2, 0.25) is 0 Å². The molecule has 0 atom stereocenters. The molecule has 0 aliphatic rings. The van der Waals surface area contributed by atoms with Gasteiger partial charge in [-0.3, -0.25) is 4.79 Å². The molecule has 2 N–H and O–H groups in total. The third-order valence-corrected chi connectivity index (χ3v) is 2.19. The average Bonchev–Trinajstić information content (AvgIpc) is 2.17. The van der Waals surface area contributed by atoms with Gasteiger partial charge in [0.25, 0.3) is 0 Å². The molecule has 0 saturated heterocycles. The van der Waals surface area contributed by atoms with Gasteiger partial charge < -0.3 is 10.6 Å². The highest BCUT2D eigenvalue weighted by atomic mass is 16.1. The zero-order valence-electron chi connectivity index (χ0n) is 10.4. The van der Waals surface area contributed by atoms with E-state index in [-0.39, 0.29) is 5.91 Å². The molecule has 1 rings (SSSR count). The molecule has 0 aliphatic heterocycles. The molecule has 0 saturated carbocycles. The molecule has 1 aromatic carbocycles. The summed E-state index contributed by atoms with van der Waals surface area (Å²) in [7, 11) is 0. The molecule has 1 aromatic rings. The SMILES string of the molecule is CC(=O)Nc1ccc(C)cc1NCC(C)C. The zero-order chi connectivity index (χ0) is 12.1. The molecule has 3 nitrogen and oxygen atoms in total. The van der Waals surface area contributed by atoms with Crippen molar-refractivity contribution in [1.29, 1.82) is 0 Å². The van der Waals surface area contributed by atoms with Crippen molar-refractivity contribution >= 4 is 17.3 Å². The van der Waals surface area contributed by atoms with E-state index in [1.54, 1.807) is 0 Å². The van der Waals surface area contributed by atoms with E-state index in [0.29, 0.717) is 5.92 Å². The third-order valence-electron chi connectivity index (χ3n) is 2.19. The fourth-order valence-corrected chi connectivity index (χ4v) is 1.42. The number of carbonyl (C=O) groups is 1. The topological polar surface area (TPSA) is 41.1 Å². The minimum absolute atomic E-state index is 0.0450. The first-order valence-electron chi connectivity index (χ1n) is 5.61. The number of anilines is 2. The second-order valence-electron chi connectivity index (χ2n) is 4.50. The maximum atomic E-state index is 11.0. The van der Waals surface area contributed by atoms with E-state index < -0.39 is 0 Å². The first-order chi connectivity index (χ1) is 7.49. The first kappa shape index (κ1) is 12.6. The van der Waals surface area contributed by atoms with E-state index in [9.17, 15) is 4.79 Å². The van der Waals surface area contributed by atoms with Crippen LogP contribution in [0.4, 0.5) is 11.4 Å². The van der Waals surface area contributed by atoms with Crippen molar-refractivity contribution in [1.82, 2.24) is 0 Å². The Hall–Kier alpha value is -1.51. The van der Waals surface area contributed by atoms with Crippen LogP contribution in [0.25, 0.3) is 0 Å². The lowest BCUT2D eigenvalue weighted by atomic mass is 10.1. The van der Waals surface area contributed by atoms with E-state index in [4.69, 9.17) is 0 Å². The number of amides is 1. The van der Waals surface area contributed by atoms with Gasteiger partial charge in [0.2, 0.25) is 5.91 Å². The van der Waals surface area contributed by atoms with Crippen molar-refractivity contribution in [3.63, 3.8) is 0 Å². The summed E-state index contributed by atoms with van der Waals surface area (Å²) in [6, 6.07) is 5.97. The van der Waals surface area contributed by atoms with Gasteiger partial charge in [-0.25, -0.2) is 0 Å². The third kappa shape index (κ3) is 3.93. The molecule has 0 aromatic heterocycles. The number of nitrogens with one attached hydrogen (secondary N) is 2. The molecule has 0 fully saturated rings. The summed E-state index contributed by atoms with van der Waals surface area (Å²) < 4.78 is 0. The molecular formula is C13H20N2O. The van der Waals surface area contributed by atoms with Gasteiger partial charge in [0.05, 0.1) is 11.4 Å². The Kier molecular flexibility index (Phi) is 4.35. The van der Waals surface area contributed by atoms with Crippen LogP contribution in [0.5, 0.6) is 0 Å². The van der Waals surface area contributed by atoms with Crippen molar-refractivity contribution < 1.29 is 4.79 Å². The zero-order valence-corrected chi connectivity index (χ0v) is 10.4. The lowest BCUT2D eigenvalue weighted by Crippen LogP contribution is -2.12. The predicted molar refractivity (Wildman–Crippen MR) is 68.8 cm³/mol. The van der Waals surface area contributed by atoms with Gasteiger partial charge in [-0.2, -0.15) is 0 Å². The number of carbonyl (C=O) groups excluding carboxylic acids is 1. The molecule has 16 heavy (non-hydrogen) atoms. The molecule has 1 amide bonds. The van der Waals surface area contributed by atoms with Crippen LogP contribution in [0.3, 0.4) is 0 Å². The molecule has 0 unspecified atom stereocenters. The Morgan fingerprint density at radius 3 is 2.56 bits per heavy atom. The summed E-state index contributed by atoms with van der Waals surface area (Å²) >= 11 is 0. The van der Waals surface area contributed by atoms with Crippen molar-refractivity contribution in [2.24, 2.45) is 5.92 Å². The van der Waals surface area contributed by atoms with Crippen molar-refractivity contribution in [2.75, 3.05) is 17.2 Å². The van der Waals surface area contributed by atoms with E-state index in [2.05, 4.69) is 24.5 Å². The molecule has 0 aliphatic carbocycles. The lowest BCUT2D eigenvalue weighted by molar-refractivity contribution is -0.114. The average molecular weight is 220 g/mol. The van der Waals surface area contributed by atoms with Gasteiger partial charge in [0, 0.05) is 13.5 Å². The fourth-order valence-electron chi connectivity index (χ4n) is 1.42. The Labute approximate surface area is 97.2 Å². The highest BCUT2D eigenvalue weighted by molar-refractivity contribution is 5.92. The Morgan fingerprint density at radius 2 is 2.00 bits per heavy atom. The number of aryl methyl sites for hydroxylation is 1. The van der Waals surface area contributed by atoms with E-state index in [1.807, 2.05) is 25.1 Å². The molecule has 0 spiro atoms. The largest absolute Gasteiger partial charge is 0.383 e. The van der Waals surface area contributed by atoms with Gasteiger partial charge in [0.15, 0.2) is 0 Å². The maximum absolute atomic E-state index is 11.0. The summed E-state index contributed by atoms with van der Waals surface area (Å²) in [6.07, 6.45) is 0.